The maximum Gasteiger partial charge on any atom is 0.256 e. The van der Waals surface area contributed by atoms with Crippen LogP contribution in [0.2, 0.25) is 0 Å². The summed E-state index contributed by atoms with van der Waals surface area (Å²) in [6, 6.07) is 13.9. The normalized spacial score (nSPS) is 10.3. The fourth-order valence-electron chi connectivity index (χ4n) is 2.60. The second kappa shape index (κ2) is 9.49. The van der Waals surface area contributed by atoms with E-state index in [9.17, 15) is 14.4 Å². The number of benzene rings is 2. The molecule has 2 aromatic carbocycles. The van der Waals surface area contributed by atoms with Gasteiger partial charge in [-0.05, 0) is 54.3 Å². The predicted molar refractivity (Wildman–Crippen MR) is 119 cm³/mol. The van der Waals surface area contributed by atoms with Gasteiger partial charge in [0.15, 0.2) is 0 Å². The summed E-state index contributed by atoms with van der Waals surface area (Å²) in [7, 11) is 0. The first kappa shape index (κ1) is 20.8. The van der Waals surface area contributed by atoms with Crippen LogP contribution in [-0.2, 0) is 4.79 Å². The van der Waals surface area contributed by atoms with Crippen molar-refractivity contribution in [1.82, 2.24) is 5.32 Å². The summed E-state index contributed by atoms with van der Waals surface area (Å²) in [5.41, 5.74) is 2.76. The van der Waals surface area contributed by atoms with E-state index in [0.717, 1.165) is 10.0 Å². The Morgan fingerprint density at radius 3 is 2.48 bits per heavy atom. The van der Waals surface area contributed by atoms with E-state index in [4.69, 9.17) is 0 Å². The van der Waals surface area contributed by atoms with Gasteiger partial charge >= 0.3 is 0 Å². The number of aryl methyl sites for hydroxylation is 1. The summed E-state index contributed by atoms with van der Waals surface area (Å²) in [5, 5.41) is 11.6. The molecule has 1 aromatic heterocycles. The van der Waals surface area contributed by atoms with E-state index in [0.29, 0.717) is 16.9 Å². The molecule has 1 heterocycles. The van der Waals surface area contributed by atoms with E-state index in [1.165, 1.54) is 11.3 Å². The van der Waals surface area contributed by atoms with Crippen molar-refractivity contribution in [1.29, 1.82) is 0 Å². The molecule has 3 N–H and O–H groups in total. The molecule has 3 aromatic rings. The third-order valence-electron chi connectivity index (χ3n) is 4.08. The van der Waals surface area contributed by atoms with E-state index < -0.39 is 5.91 Å². The number of rotatable bonds is 6. The number of hydrogen-bond donors (Lipinski definition) is 3. The number of amides is 3. The monoisotopic (exact) mass is 471 g/mol. The summed E-state index contributed by atoms with van der Waals surface area (Å²) in [5.74, 6) is -1.09. The van der Waals surface area contributed by atoms with Gasteiger partial charge in [-0.25, -0.2) is 0 Å². The Bertz CT molecular complexity index is 1050. The summed E-state index contributed by atoms with van der Waals surface area (Å²) in [6.45, 7) is 1.69. The van der Waals surface area contributed by atoms with E-state index in [-0.39, 0.29) is 23.9 Å². The molecule has 0 aliphatic heterocycles. The minimum atomic E-state index is -0.450. The van der Waals surface area contributed by atoms with Crippen molar-refractivity contribution in [3.05, 3.63) is 80.5 Å². The molecule has 0 saturated heterocycles. The van der Waals surface area contributed by atoms with Crippen molar-refractivity contribution < 1.29 is 14.4 Å². The van der Waals surface area contributed by atoms with Crippen LogP contribution in [0.25, 0.3) is 0 Å². The van der Waals surface area contributed by atoms with Crippen LogP contribution in [0.15, 0.2) is 63.8 Å². The summed E-state index contributed by atoms with van der Waals surface area (Å²) < 4.78 is 0.919. The van der Waals surface area contributed by atoms with Crippen LogP contribution in [0.5, 0.6) is 0 Å². The Labute approximate surface area is 180 Å². The second-order valence-corrected chi connectivity index (χ2v) is 7.90. The van der Waals surface area contributed by atoms with Gasteiger partial charge in [-0.3, -0.25) is 14.4 Å². The van der Waals surface area contributed by atoms with Crippen molar-refractivity contribution in [3.63, 3.8) is 0 Å². The summed E-state index contributed by atoms with van der Waals surface area (Å²) >= 11 is 4.79. The second-order valence-electron chi connectivity index (χ2n) is 6.20. The van der Waals surface area contributed by atoms with Crippen molar-refractivity contribution in [3.8, 4) is 0 Å². The van der Waals surface area contributed by atoms with E-state index in [1.54, 1.807) is 47.2 Å². The highest BCUT2D eigenvalue weighted by Gasteiger charge is 2.15. The highest BCUT2D eigenvalue weighted by Crippen LogP contribution is 2.20. The number of carbonyl (C=O) groups is 3. The first-order valence-corrected chi connectivity index (χ1v) is 10.4. The van der Waals surface area contributed by atoms with Gasteiger partial charge in [0.25, 0.3) is 11.8 Å². The lowest BCUT2D eigenvalue weighted by Crippen LogP contribution is -2.33. The van der Waals surface area contributed by atoms with Gasteiger partial charge in [-0.15, -0.1) is 0 Å². The molecule has 0 bridgehead atoms. The molecule has 3 amide bonds. The van der Waals surface area contributed by atoms with E-state index >= 15 is 0 Å². The molecule has 6 nitrogen and oxygen atoms in total. The Morgan fingerprint density at radius 2 is 1.76 bits per heavy atom. The highest BCUT2D eigenvalue weighted by molar-refractivity contribution is 9.10. The van der Waals surface area contributed by atoms with Crippen molar-refractivity contribution in [2.24, 2.45) is 0 Å². The molecule has 0 aliphatic rings. The van der Waals surface area contributed by atoms with Gasteiger partial charge in [0, 0.05) is 15.5 Å². The average Bonchev–Trinajstić information content (AvgIpc) is 3.24. The van der Waals surface area contributed by atoms with Crippen LogP contribution < -0.4 is 16.0 Å². The average molecular weight is 472 g/mol. The van der Waals surface area contributed by atoms with Crippen molar-refractivity contribution in [2.75, 3.05) is 17.2 Å². The Balaban J connectivity index is 1.62. The molecule has 0 spiro atoms. The number of carbonyl (C=O) groups excluding carboxylic acids is 3. The number of anilines is 2. The lowest BCUT2D eigenvalue weighted by atomic mass is 10.1. The maximum atomic E-state index is 12.6. The lowest BCUT2D eigenvalue weighted by molar-refractivity contribution is -0.115. The summed E-state index contributed by atoms with van der Waals surface area (Å²) in [6.07, 6.45) is 0. The van der Waals surface area contributed by atoms with Gasteiger partial charge in [0.05, 0.1) is 23.4 Å². The molecule has 8 heteroatoms. The zero-order valence-corrected chi connectivity index (χ0v) is 17.9. The molecule has 0 fully saturated rings. The predicted octanol–water partition coefficient (Wildman–Crippen LogP) is 4.44. The topological polar surface area (TPSA) is 87.3 Å². The van der Waals surface area contributed by atoms with Crippen LogP contribution in [0.3, 0.4) is 0 Å². The third kappa shape index (κ3) is 5.52. The zero-order valence-electron chi connectivity index (χ0n) is 15.5. The van der Waals surface area contributed by atoms with Gasteiger partial charge in [0.1, 0.15) is 0 Å². The van der Waals surface area contributed by atoms with Gasteiger partial charge in [-0.1, -0.05) is 28.1 Å². The van der Waals surface area contributed by atoms with Crippen molar-refractivity contribution >= 4 is 56.4 Å². The molecule has 0 saturated carbocycles. The van der Waals surface area contributed by atoms with Crippen LogP contribution in [0.4, 0.5) is 11.4 Å². The van der Waals surface area contributed by atoms with Crippen molar-refractivity contribution in [2.45, 2.75) is 6.92 Å². The number of halogens is 1. The maximum absolute atomic E-state index is 12.6. The SMILES string of the molecule is Cc1cc(Br)ccc1NC(=O)CNC(=O)c1ccccc1NC(=O)c1ccsc1. The minimum Gasteiger partial charge on any atom is -0.343 e. The highest BCUT2D eigenvalue weighted by atomic mass is 79.9. The molecule has 3 rings (SSSR count). The first-order chi connectivity index (χ1) is 13.9. The largest absolute Gasteiger partial charge is 0.343 e. The first-order valence-electron chi connectivity index (χ1n) is 8.71. The third-order valence-corrected chi connectivity index (χ3v) is 5.25. The molecule has 0 aliphatic carbocycles. The standard InChI is InChI=1S/C21H18BrN3O3S/c1-13-10-15(22)6-7-17(13)24-19(26)11-23-21(28)16-4-2-3-5-18(16)25-20(27)14-8-9-29-12-14/h2-10,12H,11H2,1H3,(H,23,28)(H,24,26)(H,25,27). The molecule has 29 heavy (non-hydrogen) atoms. The molecule has 0 atom stereocenters. The number of thiophene rings is 1. The Kier molecular flexibility index (Phi) is 6.79. The fourth-order valence-corrected chi connectivity index (χ4v) is 3.71. The van der Waals surface area contributed by atoms with E-state index in [1.807, 2.05) is 19.1 Å². The van der Waals surface area contributed by atoms with Gasteiger partial charge < -0.3 is 16.0 Å². The summed E-state index contributed by atoms with van der Waals surface area (Å²) in [4.78, 5) is 37.0. The smallest absolute Gasteiger partial charge is 0.256 e. The molecule has 0 radical (unpaired) electrons. The van der Waals surface area contributed by atoms with Crippen LogP contribution >= 0.6 is 27.3 Å². The quantitative estimate of drug-likeness (QED) is 0.496. The molecular weight excluding hydrogens is 454 g/mol. The zero-order chi connectivity index (χ0) is 20.8. The lowest BCUT2D eigenvalue weighted by Gasteiger charge is -2.12. The van der Waals surface area contributed by atoms with Gasteiger partial charge in [0.2, 0.25) is 5.91 Å². The van der Waals surface area contributed by atoms with Gasteiger partial charge in [-0.2, -0.15) is 11.3 Å². The molecular formula is C21H18BrN3O3S. The fraction of sp³-hybridized carbons (Fsp3) is 0.0952. The van der Waals surface area contributed by atoms with E-state index in [2.05, 4.69) is 31.9 Å². The minimum absolute atomic E-state index is 0.193. The van der Waals surface area contributed by atoms with Crippen LogP contribution in [0, 0.1) is 6.92 Å². The van der Waals surface area contributed by atoms with Crippen LogP contribution in [0.1, 0.15) is 26.3 Å². The Morgan fingerprint density at radius 1 is 0.966 bits per heavy atom. The molecule has 0 unspecified atom stereocenters. The number of nitrogens with one attached hydrogen (secondary N) is 3. The number of para-hydroxylation sites is 1. The Hall–Kier alpha value is -2.97. The van der Waals surface area contributed by atoms with Crippen LogP contribution in [-0.4, -0.2) is 24.3 Å². The molecule has 148 valence electrons. The number of hydrogen-bond acceptors (Lipinski definition) is 4.